The molecule has 0 spiro atoms. The van der Waals surface area contributed by atoms with Gasteiger partial charge in [0.05, 0.1) is 10.5 Å². The summed E-state index contributed by atoms with van der Waals surface area (Å²) in [7, 11) is -3.26. The summed E-state index contributed by atoms with van der Waals surface area (Å²) < 4.78 is 38.5. The number of halogens is 1. The van der Waals surface area contributed by atoms with Gasteiger partial charge in [-0.1, -0.05) is 0 Å². The number of rotatable bonds is 5. The number of anilines is 2. The number of carbonyl (C=O) groups is 1. The summed E-state index contributed by atoms with van der Waals surface area (Å²) in [4.78, 5) is 22.0. The number of amides is 1. The Labute approximate surface area is 223 Å². The number of hydrogen-bond acceptors (Lipinski definition) is 7. The molecule has 7 rings (SSSR count). The van der Waals surface area contributed by atoms with E-state index in [2.05, 4.69) is 15.2 Å². The molecule has 2 unspecified atom stereocenters. The maximum Gasteiger partial charge on any atom is 0.270 e. The molecule has 4 saturated carbocycles. The summed E-state index contributed by atoms with van der Waals surface area (Å²) in [5, 5.41) is 14.0. The van der Waals surface area contributed by atoms with E-state index in [0.717, 1.165) is 37.8 Å². The van der Waals surface area contributed by atoms with Crippen LogP contribution in [0.3, 0.4) is 0 Å². The molecule has 2 N–H and O–H groups in total. The normalized spacial score (nSPS) is 32.5. The van der Waals surface area contributed by atoms with Gasteiger partial charge in [-0.3, -0.25) is 4.79 Å². The first-order valence-corrected chi connectivity index (χ1v) is 15.4. The third-order valence-corrected chi connectivity index (χ3v) is 10.3. The predicted octanol–water partition coefficient (Wildman–Crippen LogP) is 3.01. The minimum absolute atomic E-state index is 0.0335. The standard InChI is InChI=1S/C28H35FN4O4S/c1-17-16-32(21-3-5-22(6-4-21)38(2,36)37)9-10-33(17)26-23(29)7-8-24(30-26)27(34)31-25-19-11-18-12-20(25)15-28(35,13-18)14-19/h3-8,17-20,25,35H,9-16H2,1-2H3,(H,31,34)/t17-,18?,19?,20?,25-,28-/m1/s1. The van der Waals surface area contributed by atoms with Crippen LogP contribution in [0.5, 0.6) is 0 Å². The molecule has 1 aromatic heterocycles. The molecule has 2 heterocycles. The molecule has 1 aromatic carbocycles. The Kier molecular flexibility index (Phi) is 6.18. The molecular formula is C28H35FN4O4S. The highest BCUT2D eigenvalue weighted by Crippen LogP contribution is 2.55. The molecule has 10 heteroatoms. The minimum atomic E-state index is -3.26. The maximum absolute atomic E-state index is 15.0. The van der Waals surface area contributed by atoms with E-state index in [1.165, 1.54) is 18.4 Å². The lowest BCUT2D eigenvalue weighted by atomic mass is 9.52. The number of hydrogen-bond donors (Lipinski definition) is 2. The van der Waals surface area contributed by atoms with Crippen LogP contribution in [0, 0.1) is 23.6 Å². The van der Waals surface area contributed by atoms with Crippen LogP contribution in [0.1, 0.15) is 49.5 Å². The lowest BCUT2D eigenvalue weighted by molar-refractivity contribution is -0.136. The van der Waals surface area contributed by atoms with Crippen molar-refractivity contribution in [3.8, 4) is 0 Å². The van der Waals surface area contributed by atoms with Crippen LogP contribution >= 0.6 is 0 Å². The first-order chi connectivity index (χ1) is 18.0. The Bertz CT molecular complexity index is 1340. The molecule has 3 atom stereocenters. The highest BCUT2D eigenvalue weighted by molar-refractivity contribution is 7.90. The SMILES string of the molecule is C[C@@H]1CN(c2ccc(S(C)(=O)=O)cc2)CCN1c1nc(C(=O)N[C@H]2C3CC4CC2C[C@](O)(C4)C3)ccc1F. The van der Waals surface area contributed by atoms with Crippen LogP contribution in [0.15, 0.2) is 41.3 Å². The van der Waals surface area contributed by atoms with Crippen molar-refractivity contribution < 1.29 is 22.7 Å². The zero-order valence-corrected chi connectivity index (χ0v) is 22.6. The van der Waals surface area contributed by atoms with Crippen molar-refractivity contribution in [2.75, 3.05) is 35.7 Å². The fourth-order valence-electron chi connectivity index (χ4n) is 7.61. The van der Waals surface area contributed by atoms with Gasteiger partial charge in [0.25, 0.3) is 5.91 Å². The number of benzene rings is 1. The lowest BCUT2D eigenvalue weighted by Gasteiger charge is -2.58. The second-order valence-corrected chi connectivity index (χ2v) is 14.0. The van der Waals surface area contributed by atoms with Gasteiger partial charge < -0.3 is 20.2 Å². The largest absolute Gasteiger partial charge is 0.390 e. The number of sulfone groups is 1. The second kappa shape index (κ2) is 9.19. The molecule has 204 valence electrons. The molecule has 4 bridgehead atoms. The maximum atomic E-state index is 15.0. The second-order valence-electron chi connectivity index (χ2n) is 11.9. The van der Waals surface area contributed by atoms with Crippen LogP contribution in [-0.2, 0) is 9.84 Å². The first-order valence-electron chi connectivity index (χ1n) is 13.5. The van der Waals surface area contributed by atoms with Gasteiger partial charge in [0.2, 0.25) is 0 Å². The third kappa shape index (κ3) is 4.66. The monoisotopic (exact) mass is 542 g/mol. The van der Waals surface area contributed by atoms with E-state index in [1.807, 2.05) is 11.8 Å². The molecule has 0 radical (unpaired) electrons. The van der Waals surface area contributed by atoms with E-state index in [0.29, 0.717) is 25.6 Å². The fourth-order valence-corrected chi connectivity index (χ4v) is 8.24. The van der Waals surface area contributed by atoms with Crippen LogP contribution in [0.4, 0.5) is 15.9 Å². The molecule has 2 aromatic rings. The average Bonchev–Trinajstić information content (AvgIpc) is 2.85. The Hall–Kier alpha value is -2.72. The lowest BCUT2D eigenvalue weighted by Crippen LogP contribution is -2.61. The Morgan fingerprint density at radius 1 is 1.08 bits per heavy atom. The van der Waals surface area contributed by atoms with Crippen molar-refractivity contribution in [1.82, 2.24) is 10.3 Å². The summed E-state index contributed by atoms with van der Waals surface area (Å²) in [6, 6.07) is 9.53. The van der Waals surface area contributed by atoms with Crippen molar-refractivity contribution >= 4 is 27.2 Å². The van der Waals surface area contributed by atoms with Crippen molar-refractivity contribution in [1.29, 1.82) is 0 Å². The van der Waals surface area contributed by atoms with Gasteiger partial charge in [0.1, 0.15) is 5.69 Å². The number of aromatic nitrogens is 1. The Morgan fingerprint density at radius 3 is 2.37 bits per heavy atom. The average molecular weight is 543 g/mol. The number of nitrogens with one attached hydrogen (secondary N) is 1. The predicted molar refractivity (Wildman–Crippen MR) is 143 cm³/mol. The molecule has 5 aliphatic rings. The van der Waals surface area contributed by atoms with Gasteiger partial charge in [-0.2, -0.15) is 0 Å². The quantitative estimate of drug-likeness (QED) is 0.599. The van der Waals surface area contributed by atoms with Gasteiger partial charge in [0, 0.05) is 43.7 Å². The van der Waals surface area contributed by atoms with Crippen molar-refractivity contribution in [2.45, 2.75) is 61.6 Å². The number of piperazine rings is 1. The molecule has 4 aliphatic carbocycles. The van der Waals surface area contributed by atoms with Gasteiger partial charge in [-0.25, -0.2) is 17.8 Å². The number of carbonyl (C=O) groups excluding carboxylic acids is 1. The molecule has 8 nitrogen and oxygen atoms in total. The molecule has 1 saturated heterocycles. The molecule has 1 aliphatic heterocycles. The highest BCUT2D eigenvalue weighted by Gasteiger charge is 2.55. The summed E-state index contributed by atoms with van der Waals surface area (Å²) >= 11 is 0. The topological polar surface area (TPSA) is 103 Å². The van der Waals surface area contributed by atoms with E-state index >= 15 is 0 Å². The smallest absolute Gasteiger partial charge is 0.270 e. The van der Waals surface area contributed by atoms with Crippen LogP contribution in [-0.4, -0.2) is 68.0 Å². The van der Waals surface area contributed by atoms with E-state index in [-0.39, 0.29) is 46.2 Å². The van der Waals surface area contributed by atoms with E-state index in [1.54, 1.807) is 24.3 Å². The van der Waals surface area contributed by atoms with E-state index in [4.69, 9.17) is 0 Å². The molecule has 38 heavy (non-hydrogen) atoms. The van der Waals surface area contributed by atoms with E-state index < -0.39 is 21.3 Å². The van der Waals surface area contributed by atoms with Crippen molar-refractivity contribution in [3.63, 3.8) is 0 Å². The summed E-state index contributed by atoms with van der Waals surface area (Å²) in [5.74, 6) is 0.559. The van der Waals surface area contributed by atoms with Gasteiger partial charge in [-0.15, -0.1) is 0 Å². The van der Waals surface area contributed by atoms with Gasteiger partial charge >= 0.3 is 0 Å². The van der Waals surface area contributed by atoms with Gasteiger partial charge in [0.15, 0.2) is 21.5 Å². The molecular weight excluding hydrogens is 507 g/mol. The van der Waals surface area contributed by atoms with Crippen molar-refractivity contribution in [3.05, 3.63) is 47.9 Å². The third-order valence-electron chi connectivity index (χ3n) is 9.13. The number of aliphatic hydroxyl groups is 1. The van der Waals surface area contributed by atoms with Crippen LogP contribution in [0.25, 0.3) is 0 Å². The number of nitrogens with zero attached hydrogens (tertiary/aromatic N) is 3. The zero-order chi connectivity index (χ0) is 26.8. The zero-order valence-electron chi connectivity index (χ0n) is 21.8. The van der Waals surface area contributed by atoms with Crippen LogP contribution < -0.4 is 15.1 Å². The molecule has 1 amide bonds. The minimum Gasteiger partial charge on any atom is -0.390 e. The summed E-state index contributed by atoms with van der Waals surface area (Å²) in [6.45, 7) is 3.71. The summed E-state index contributed by atoms with van der Waals surface area (Å²) in [5.41, 5.74) is 0.554. The fraction of sp³-hybridized carbons (Fsp3) is 0.571. The van der Waals surface area contributed by atoms with Gasteiger partial charge in [-0.05, 0) is 93.2 Å². The Balaban J connectivity index is 1.14. The number of pyridine rings is 1. The first kappa shape index (κ1) is 25.6. The van der Waals surface area contributed by atoms with E-state index in [9.17, 15) is 22.7 Å². The summed E-state index contributed by atoms with van der Waals surface area (Å²) in [6.07, 6.45) is 5.65. The molecule has 5 fully saturated rings. The van der Waals surface area contributed by atoms with Crippen molar-refractivity contribution in [2.24, 2.45) is 17.8 Å². The highest BCUT2D eigenvalue weighted by atomic mass is 32.2. The Morgan fingerprint density at radius 2 is 1.76 bits per heavy atom. The van der Waals surface area contributed by atoms with Crippen LogP contribution in [0.2, 0.25) is 0 Å².